The Morgan fingerprint density at radius 1 is 1.38 bits per heavy atom. The molecule has 1 N–H and O–H groups in total. The van der Waals surface area contributed by atoms with E-state index in [-0.39, 0.29) is 6.61 Å². The zero-order valence-corrected chi connectivity index (χ0v) is 10.0. The van der Waals surface area contributed by atoms with Crippen molar-refractivity contribution in [3.63, 3.8) is 0 Å². The molecule has 1 aromatic heterocycles. The fourth-order valence-electron chi connectivity index (χ4n) is 1.49. The Balaban J connectivity index is 2.42. The molecule has 0 radical (unpaired) electrons. The third-order valence-electron chi connectivity index (χ3n) is 2.56. The van der Waals surface area contributed by atoms with Gasteiger partial charge in [-0.25, -0.2) is 4.98 Å². The van der Waals surface area contributed by atoms with E-state index in [4.69, 9.17) is 9.84 Å². The second-order valence-electron chi connectivity index (χ2n) is 3.50. The quantitative estimate of drug-likeness (QED) is 0.758. The normalized spacial score (nSPS) is 10.8. The number of likely N-dealkylation sites (N-methyl/N-ethyl adjacent to an activating group) is 1. The van der Waals surface area contributed by atoms with Crippen molar-refractivity contribution in [3.8, 4) is 5.88 Å². The molecular weight excluding hydrogens is 204 g/mol. The first-order valence-corrected chi connectivity index (χ1v) is 5.71. The van der Waals surface area contributed by atoms with Gasteiger partial charge in [-0.15, -0.1) is 0 Å². The lowest BCUT2D eigenvalue weighted by Crippen LogP contribution is -2.28. The summed E-state index contributed by atoms with van der Waals surface area (Å²) in [6.45, 7) is 7.76. The predicted octanol–water partition coefficient (Wildman–Crippen LogP) is 1.29. The molecule has 0 saturated heterocycles. The molecule has 0 saturated carbocycles. The van der Waals surface area contributed by atoms with Gasteiger partial charge < -0.3 is 14.7 Å². The maximum absolute atomic E-state index is 9.09. The molecule has 0 amide bonds. The molecule has 0 aliphatic rings. The molecular formula is C12H20N2O2. The molecule has 0 aromatic carbocycles. The highest BCUT2D eigenvalue weighted by molar-refractivity contribution is 5.24. The average Bonchev–Trinajstić information content (AvgIpc) is 2.35. The Morgan fingerprint density at radius 2 is 2.12 bits per heavy atom. The van der Waals surface area contributed by atoms with Crippen molar-refractivity contribution < 1.29 is 9.84 Å². The molecule has 0 aliphatic heterocycles. The highest BCUT2D eigenvalue weighted by Gasteiger charge is 2.04. The third-order valence-corrected chi connectivity index (χ3v) is 2.56. The van der Waals surface area contributed by atoms with Crippen LogP contribution in [0.25, 0.3) is 0 Å². The minimum absolute atomic E-state index is 0.0333. The summed E-state index contributed by atoms with van der Waals surface area (Å²) in [7, 11) is 0. The summed E-state index contributed by atoms with van der Waals surface area (Å²) in [5, 5.41) is 9.09. The molecule has 1 rings (SSSR count). The zero-order chi connectivity index (χ0) is 11.8. The molecule has 4 nitrogen and oxygen atoms in total. The molecule has 0 atom stereocenters. The minimum atomic E-state index is -0.0333. The lowest BCUT2D eigenvalue weighted by Gasteiger charge is -2.18. The van der Waals surface area contributed by atoms with Gasteiger partial charge >= 0.3 is 0 Å². The Labute approximate surface area is 96.9 Å². The summed E-state index contributed by atoms with van der Waals surface area (Å²) < 4.78 is 5.55. The summed E-state index contributed by atoms with van der Waals surface area (Å²) in [4.78, 5) is 6.38. The molecule has 0 spiro atoms. The van der Waals surface area contributed by atoms with Crippen LogP contribution in [0.2, 0.25) is 0 Å². The van der Waals surface area contributed by atoms with Crippen LogP contribution in [0.3, 0.4) is 0 Å². The fraction of sp³-hybridized carbons (Fsp3) is 0.583. The van der Waals surface area contributed by atoms with Crippen molar-refractivity contribution >= 4 is 0 Å². The number of aliphatic hydroxyl groups is 1. The van der Waals surface area contributed by atoms with Gasteiger partial charge in [0.1, 0.15) is 6.61 Å². The minimum Gasteiger partial charge on any atom is -0.476 e. The van der Waals surface area contributed by atoms with Crippen LogP contribution in [0, 0.1) is 0 Å². The number of hydrogen-bond acceptors (Lipinski definition) is 4. The summed E-state index contributed by atoms with van der Waals surface area (Å²) in [5.41, 5.74) is 0.738. The smallest absolute Gasteiger partial charge is 0.218 e. The summed E-state index contributed by atoms with van der Waals surface area (Å²) >= 11 is 0. The van der Waals surface area contributed by atoms with E-state index in [0.29, 0.717) is 12.5 Å². The molecule has 0 unspecified atom stereocenters. The van der Waals surface area contributed by atoms with E-state index in [1.54, 1.807) is 12.3 Å². The van der Waals surface area contributed by atoms with E-state index in [1.165, 1.54) is 0 Å². The number of aliphatic hydroxyl groups excluding tert-OH is 1. The van der Waals surface area contributed by atoms with Gasteiger partial charge in [-0.05, 0) is 25.2 Å². The summed E-state index contributed by atoms with van der Waals surface area (Å²) in [6, 6.07) is 3.61. The highest BCUT2D eigenvalue weighted by atomic mass is 16.5. The molecule has 0 bridgehead atoms. The van der Waals surface area contributed by atoms with E-state index >= 15 is 0 Å². The monoisotopic (exact) mass is 224 g/mol. The first kappa shape index (κ1) is 12.9. The zero-order valence-electron chi connectivity index (χ0n) is 10.0. The van der Waals surface area contributed by atoms with Crippen LogP contribution in [0.15, 0.2) is 18.3 Å². The highest BCUT2D eigenvalue weighted by Crippen LogP contribution is 2.13. The van der Waals surface area contributed by atoms with E-state index in [0.717, 1.165) is 25.2 Å². The Bertz CT molecular complexity index is 301. The maximum Gasteiger partial charge on any atom is 0.218 e. The second kappa shape index (κ2) is 7.19. The Morgan fingerprint density at radius 3 is 2.75 bits per heavy atom. The van der Waals surface area contributed by atoms with Crippen molar-refractivity contribution in [3.05, 3.63) is 23.9 Å². The molecule has 1 heterocycles. The SMILES string of the molecule is CCN(CC)CCOc1ncccc1CO. The van der Waals surface area contributed by atoms with Gasteiger partial charge in [0.2, 0.25) is 5.88 Å². The van der Waals surface area contributed by atoms with Gasteiger partial charge in [-0.1, -0.05) is 13.8 Å². The number of pyridine rings is 1. The van der Waals surface area contributed by atoms with Crippen LogP contribution < -0.4 is 4.74 Å². The standard InChI is InChI=1S/C12H20N2O2/c1-3-14(4-2)8-9-16-12-11(10-15)6-5-7-13-12/h5-7,15H,3-4,8-10H2,1-2H3. The fourth-order valence-corrected chi connectivity index (χ4v) is 1.49. The lowest BCUT2D eigenvalue weighted by atomic mass is 10.3. The number of rotatable bonds is 7. The van der Waals surface area contributed by atoms with Crippen molar-refractivity contribution in [1.82, 2.24) is 9.88 Å². The van der Waals surface area contributed by atoms with Crippen LogP contribution in [0.1, 0.15) is 19.4 Å². The topological polar surface area (TPSA) is 45.6 Å². The van der Waals surface area contributed by atoms with Gasteiger partial charge in [-0.3, -0.25) is 0 Å². The van der Waals surface area contributed by atoms with Crippen LogP contribution >= 0.6 is 0 Å². The van der Waals surface area contributed by atoms with E-state index in [2.05, 4.69) is 23.7 Å². The van der Waals surface area contributed by atoms with Crippen LogP contribution in [0.4, 0.5) is 0 Å². The Hall–Kier alpha value is -1.13. The maximum atomic E-state index is 9.09. The first-order valence-electron chi connectivity index (χ1n) is 5.71. The van der Waals surface area contributed by atoms with Crippen molar-refractivity contribution in [2.75, 3.05) is 26.2 Å². The largest absolute Gasteiger partial charge is 0.476 e. The molecule has 90 valence electrons. The number of ether oxygens (including phenoxy) is 1. The van der Waals surface area contributed by atoms with Crippen molar-refractivity contribution in [2.24, 2.45) is 0 Å². The van der Waals surface area contributed by atoms with Crippen LogP contribution in [-0.2, 0) is 6.61 Å². The molecule has 0 aliphatic carbocycles. The molecule has 0 fully saturated rings. The van der Waals surface area contributed by atoms with Crippen molar-refractivity contribution in [1.29, 1.82) is 0 Å². The van der Waals surface area contributed by atoms with Gasteiger partial charge in [0.05, 0.1) is 6.61 Å². The molecule has 1 aromatic rings. The van der Waals surface area contributed by atoms with E-state index in [9.17, 15) is 0 Å². The average molecular weight is 224 g/mol. The lowest BCUT2D eigenvalue weighted by molar-refractivity contribution is 0.210. The Kier molecular flexibility index (Phi) is 5.82. The number of hydrogen-bond donors (Lipinski definition) is 1. The molecule has 16 heavy (non-hydrogen) atoms. The van der Waals surface area contributed by atoms with E-state index < -0.39 is 0 Å². The van der Waals surface area contributed by atoms with Gasteiger partial charge in [0, 0.05) is 18.3 Å². The first-order chi connectivity index (χ1) is 7.81. The molecule has 4 heteroatoms. The van der Waals surface area contributed by atoms with Crippen LogP contribution in [0.5, 0.6) is 5.88 Å². The third kappa shape index (κ3) is 3.79. The van der Waals surface area contributed by atoms with Crippen LogP contribution in [-0.4, -0.2) is 41.2 Å². The summed E-state index contributed by atoms with van der Waals surface area (Å²) in [6.07, 6.45) is 1.67. The van der Waals surface area contributed by atoms with Gasteiger partial charge in [0.15, 0.2) is 0 Å². The predicted molar refractivity (Wildman–Crippen MR) is 63.4 cm³/mol. The van der Waals surface area contributed by atoms with Gasteiger partial charge in [0.25, 0.3) is 0 Å². The van der Waals surface area contributed by atoms with E-state index in [1.807, 2.05) is 6.07 Å². The number of nitrogens with zero attached hydrogens (tertiary/aromatic N) is 2. The van der Waals surface area contributed by atoms with Gasteiger partial charge in [-0.2, -0.15) is 0 Å². The number of aromatic nitrogens is 1. The summed E-state index contributed by atoms with van der Waals surface area (Å²) in [5.74, 6) is 0.539. The van der Waals surface area contributed by atoms with Crippen molar-refractivity contribution in [2.45, 2.75) is 20.5 Å². The second-order valence-corrected chi connectivity index (χ2v) is 3.50.